The van der Waals surface area contributed by atoms with E-state index in [0.717, 1.165) is 16.5 Å². The highest BCUT2D eigenvalue weighted by molar-refractivity contribution is 5.90. The molecule has 8 heteroatoms. The molecule has 4 aromatic rings. The summed E-state index contributed by atoms with van der Waals surface area (Å²) in [6, 6.07) is 6.28. The van der Waals surface area contributed by atoms with Crippen LogP contribution in [0.4, 0.5) is 10.3 Å². The first-order valence-corrected chi connectivity index (χ1v) is 8.49. The van der Waals surface area contributed by atoms with E-state index in [1.807, 2.05) is 32.1 Å². The zero-order valence-corrected chi connectivity index (χ0v) is 15.0. The minimum atomic E-state index is -0.273. The molecule has 4 rings (SSSR count). The lowest BCUT2D eigenvalue weighted by atomic mass is 10.2. The Morgan fingerprint density at radius 1 is 1.19 bits per heavy atom. The van der Waals surface area contributed by atoms with Gasteiger partial charge >= 0.3 is 0 Å². The van der Waals surface area contributed by atoms with E-state index >= 15 is 0 Å². The number of hydrogen-bond donors (Lipinski definition) is 1. The molecule has 3 heterocycles. The molecule has 0 bridgehead atoms. The van der Waals surface area contributed by atoms with Crippen LogP contribution < -0.4 is 5.73 Å². The number of rotatable bonds is 4. The van der Waals surface area contributed by atoms with Gasteiger partial charge in [0.05, 0.1) is 18.1 Å². The number of anilines is 1. The van der Waals surface area contributed by atoms with Gasteiger partial charge in [0, 0.05) is 0 Å². The highest BCUT2D eigenvalue weighted by atomic mass is 19.1. The van der Waals surface area contributed by atoms with Gasteiger partial charge in [-0.1, -0.05) is 30.4 Å². The molecule has 27 heavy (non-hydrogen) atoms. The molecule has 136 valence electrons. The van der Waals surface area contributed by atoms with Gasteiger partial charge in [-0.05, 0) is 37.1 Å². The normalized spacial score (nSPS) is 12.6. The van der Waals surface area contributed by atoms with E-state index in [9.17, 15) is 4.39 Å². The van der Waals surface area contributed by atoms with E-state index in [4.69, 9.17) is 5.73 Å². The summed E-state index contributed by atoms with van der Waals surface area (Å²) in [7, 11) is 0. The fourth-order valence-electron chi connectivity index (χ4n) is 2.82. The van der Waals surface area contributed by atoms with E-state index in [2.05, 4.69) is 20.2 Å². The van der Waals surface area contributed by atoms with E-state index in [-0.39, 0.29) is 11.8 Å². The number of hydrogen-bond acceptors (Lipinski definition) is 5. The second-order valence-corrected chi connectivity index (χ2v) is 6.18. The Labute approximate surface area is 154 Å². The van der Waals surface area contributed by atoms with Crippen LogP contribution in [0.15, 0.2) is 48.7 Å². The standard InChI is InChI=1S/C19H18FN7/c1-3-4-5-12(2)16-23-18-15-10-22-26(11-13-6-8-14(20)9-7-13)17(15)24-19(21)27(18)25-16/h3-10H,11H2,1-2H3,(H2,21,24)/b4-3-,12-5+. The zero-order chi connectivity index (χ0) is 19.0. The summed E-state index contributed by atoms with van der Waals surface area (Å²) in [6.45, 7) is 4.34. The molecule has 2 N–H and O–H groups in total. The molecule has 0 atom stereocenters. The third-order valence-electron chi connectivity index (χ3n) is 4.23. The number of nitrogens with zero attached hydrogens (tertiary/aromatic N) is 6. The van der Waals surface area contributed by atoms with Crippen molar-refractivity contribution in [2.24, 2.45) is 0 Å². The lowest BCUT2D eigenvalue weighted by molar-refractivity contribution is 0.625. The highest BCUT2D eigenvalue weighted by Crippen LogP contribution is 2.22. The lowest BCUT2D eigenvalue weighted by Crippen LogP contribution is -2.07. The smallest absolute Gasteiger partial charge is 0.225 e. The molecule has 0 aliphatic heterocycles. The van der Waals surface area contributed by atoms with Gasteiger partial charge in [-0.25, -0.2) is 14.1 Å². The summed E-state index contributed by atoms with van der Waals surface area (Å²) >= 11 is 0. The van der Waals surface area contributed by atoms with Crippen LogP contribution in [-0.2, 0) is 6.54 Å². The summed E-state index contributed by atoms with van der Waals surface area (Å²) in [6.07, 6.45) is 7.50. The number of nitrogens with two attached hydrogens (primary N) is 1. The average molecular weight is 363 g/mol. The van der Waals surface area contributed by atoms with Crippen molar-refractivity contribution in [2.75, 3.05) is 5.73 Å². The van der Waals surface area contributed by atoms with E-state index in [1.165, 1.54) is 16.6 Å². The molecular formula is C19H18FN7. The summed E-state index contributed by atoms with van der Waals surface area (Å²) in [5.41, 5.74) is 9.15. The third kappa shape index (κ3) is 3.05. The van der Waals surface area contributed by atoms with Crippen molar-refractivity contribution in [3.05, 3.63) is 65.9 Å². The summed E-state index contributed by atoms with van der Waals surface area (Å²) in [5.74, 6) is 0.543. The number of aromatic nitrogens is 6. The van der Waals surface area contributed by atoms with Crippen molar-refractivity contribution in [1.82, 2.24) is 29.4 Å². The van der Waals surface area contributed by atoms with Gasteiger partial charge in [-0.2, -0.15) is 14.6 Å². The molecule has 0 spiro atoms. The topological polar surface area (TPSA) is 86.9 Å². The molecule has 0 amide bonds. The first-order valence-electron chi connectivity index (χ1n) is 8.49. The van der Waals surface area contributed by atoms with Crippen LogP contribution in [0, 0.1) is 5.82 Å². The zero-order valence-electron chi connectivity index (χ0n) is 15.0. The molecule has 0 saturated carbocycles. The third-order valence-corrected chi connectivity index (χ3v) is 4.23. The van der Waals surface area contributed by atoms with Crippen molar-refractivity contribution in [3.8, 4) is 0 Å². The van der Waals surface area contributed by atoms with Crippen LogP contribution in [0.3, 0.4) is 0 Å². The Hall–Kier alpha value is -3.55. The first-order chi connectivity index (χ1) is 13.1. The maximum Gasteiger partial charge on any atom is 0.225 e. The first kappa shape index (κ1) is 16.9. The molecule has 0 fully saturated rings. The van der Waals surface area contributed by atoms with Gasteiger partial charge in [-0.15, -0.1) is 5.10 Å². The minimum absolute atomic E-state index is 0.232. The Morgan fingerprint density at radius 3 is 2.70 bits per heavy atom. The molecule has 0 radical (unpaired) electrons. The molecule has 0 saturated heterocycles. The summed E-state index contributed by atoms with van der Waals surface area (Å²) in [4.78, 5) is 9.06. The highest BCUT2D eigenvalue weighted by Gasteiger charge is 2.16. The second-order valence-electron chi connectivity index (χ2n) is 6.18. The van der Waals surface area contributed by atoms with Crippen LogP contribution in [0.1, 0.15) is 25.2 Å². The fraction of sp³-hybridized carbons (Fsp3) is 0.158. The van der Waals surface area contributed by atoms with Crippen molar-refractivity contribution in [2.45, 2.75) is 20.4 Å². The monoisotopic (exact) mass is 363 g/mol. The number of nitrogen functional groups attached to an aromatic ring is 1. The van der Waals surface area contributed by atoms with Crippen molar-refractivity contribution in [1.29, 1.82) is 0 Å². The van der Waals surface area contributed by atoms with Crippen molar-refractivity contribution >= 4 is 28.2 Å². The number of halogens is 1. The van der Waals surface area contributed by atoms with E-state index in [1.54, 1.807) is 23.0 Å². The van der Waals surface area contributed by atoms with Gasteiger partial charge in [0.15, 0.2) is 17.1 Å². The predicted molar refractivity (Wildman–Crippen MR) is 102 cm³/mol. The van der Waals surface area contributed by atoms with Gasteiger partial charge < -0.3 is 5.73 Å². The van der Waals surface area contributed by atoms with Crippen LogP contribution >= 0.6 is 0 Å². The van der Waals surface area contributed by atoms with Crippen LogP contribution in [0.2, 0.25) is 0 Å². The number of fused-ring (bicyclic) bond motifs is 3. The van der Waals surface area contributed by atoms with Crippen LogP contribution in [0.5, 0.6) is 0 Å². The van der Waals surface area contributed by atoms with Gasteiger partial charge in [0.1, 0.15) is 5.82 Å². The molecule has 0 aliphatic carbocycles. The number of allylic oxidation sites excluding steroid dienone is 4. The van der Waals surface area contributed by atoms with Gasteiger partial charge in [0.25, 0.3) is 0 Å². The Bertz CT molecular complexity index is 1180. The molecule has 7 nitrogen and oxygen atoms in total. The second kappa shape index (κ2) is 6.64. The molecule has 1 aromatic carbocycles. The van der Waals surface area contributed by atoms with Crippen molar-refractivity contribution < 1.29 is 4.39 Å². The molecule has 0 aliphatic rings. The van der Waals surface area contributed by atoms with Gasteiger partial charge in [0.2, 0.25) is 5.95 Å². The minimum Gasteiger partial charge on any atom is -0.368 e. The lowest BCUT2D eigenvalue weighted by Gasteiger charge is -2.04. The van der Waals surface area contributed by atoms with Crippen LogP contribution in [-0.4, -0.2) is 29.4 Å². The molecule has 0 unspecified atom stereocenters. The average Bonchev–Trinajstić information content (AvgIpc) is 3.27. The summed E-state index contributed by atoms with van der Waals surface area (Å²) < 4.78 is 16.4. The molecular weight excluding hydrogens is 345 g/mol. The molecule has 3 aromatic heterocycles. The Kier molecular flexibility index (Phi) is 4.15. The number of benzene rings is 1. The Balaban J connectivity index is 1.81. The maximum absolute atomic E-state index is 13.1. The summed E-state index contributed by atoms with van der Waals surface area (Å²) in [5, 5.41) is 9.61. The van der Waals surface area contributed by atoms with Crippen LogP contribution in [0.25, 0.3) is 22.3 Å². The van der Waals surface area contributed by atoms with Gasteiger partial charge in [-0.3, -0.25) is 0 Å². The van der Waals surface area contributed by atoms with E-state index in [0.29, 0.717) is 23.7 Å². The largest absolute Gasteiger partial charge is 0.368 e. The quantitative estimate of drug-likeness (QED) is 0.563. The van der Waals surface area contributed by atoms with E-state index < -0.39 is 0 Å². The fourth-order valence-corrected chi connectivity index (χ4v) is 2.82. The maximum atomic E-state index is 13.1. The SMILES string of the molecule is C/C=C\C=C(/C)c1nc2c3cnn(Cc4ccc(F)cc4)c3nc(N)n2n1. The predicted octanol–water partition coefficient (Wildman–Crippen LogP) is 3.22. The van der Waals surface area contributed by atoms with Crippen molar-refractivity contribution in [3.63, 3.8) is 0 Å². The Morgan fingerprint density at radius 2 is 1.96 bits per heavy atom.